The number of nitrogens with two attached hydrogens (primary N) is 1. The van der Waals surface area contributed by atoms with E-state index in [9.17, 15) is 0 Å². The van der Waals surface area contributed by atoms with Gasteiger partial charge in [0.15, 0.2) is 0 Å². The zero-order chi connectivity index (χ0) is 12.7. The molecule has 1 heterocycles. The fourth-order valence-corrected chi connectivity index (χ4v) is 3.19. The van der Waals surface area contributed by atoms with Crippen molar-refractivity contribution >= 4 is 0 Å². The van der Waals surface area contributed by atoms with Crippen molar-refractivity contribution < 1.29 is 0 Å². The summed E-state index contributed by atoms with van der Waals surface area (Å²) in [6, 6.07) is 0.831. The summed E-state index contributed by atoms with van der Waals surface area (Å²) in [6.07, 6.45) is 9.33. The fourth-order valence-electron chi connectivity index (χ4n) is 3.19. The van der Waals surface area contributed by atoms with Crippen LogP contribution in [0.3, 0.4) is 0 Å². The number of likely N-dealkylation sites (tertiary alicyclic amines) is 1. The molecular weight excluding hydrogens is 208 g/mol. The van der Waals surface area contributed by atoms with Crippen LogP contribution in [0.4, 0.5) is 0 Å². The van der Waals surface area contributed by atoms with Gasteiger partial charge in [-0.25, -0.2) is 0 Å². The van der Waals surface area contributed by atoms with Gasteiger partial charge >= 0.3 is 0 Å². The number of rotatable bonds is 7. The molecule has 1 rings (SSSR count). The van der Waals surface area contributed by atoms with Gasteiger partial charge in [-0.2, -0.15) is 0 Å². The average molecular weight is 240 g/mol. The molecule has 0 amide bonds. The molecule has 2 heteroatoms. The molecule has 1 unspecified atom stereocenters. The normalized spacial score (nSPS) is 22.9. The lowest BCUT2D eigenvalue weighted by Gasteiger charge is -2.42. The lowest BCUT2D eigenvalue weighted by atomic mass is 9.80. The maximum absolute atomic E-state index is 6.04. The highest BCUT2D eigenvalue weighted by molar-refractivity contribution is 4.86. The SMILES string of the molecule is CCCC1CCCCN1CC(CC)(CC)CN. The number of nitrogens with zero attached hydrogens (tertiary/aromatic N) is 1. The van der Waals surface area contributed by atoms with E-state index in [2.05, 4.69) is 25.7 Å². The number of piperidine rings is 1. The fraction of sp³-hybridized carbons (Fsp3) is 1.00. The second-order valence-corrected chi connectivity index (χ2v) is 5.82. The van der Waals surface area contributed by atoms with E-state index in [1.165, 1.54) is 58.0 Å². The molecule has 1 fully saturated rings. The van der Waals surface area contributed by atoms with Crippen molar-refractivity contribution in [3.05, 3.63) is 0 Å². The predicted molar refractivity (Wildman–Crippen MR) is 76.2 cm³/mol. The van der Waals surface area contributed by atoms with E-state index in [4.69, 9.17) is 5.73 Å². The zero-order valence-corrected chi connectivity index (χ0v) is 12.2. The molecule has 1 aliphatic heterocycles. The van der Waals surface area contributed by atoms with Crippen molar-refractivity contribution in [3.63, 3.8) is 0 Å². The van der Waals surface area contributed by atoms with Gasteiger partial charge in [0.05, 0.1) is 0 Å². The maximum atomic E-state index is 6.04. The van der Waals surface area contributed by atoms with Crippen LogP contribution in [0.25, 0.3) is 0 Å². The van der Waals surface area contributed by atoms with Crippen LogP contribution in [0.15, 0.2) is 0 Å². The highest BCUT2D eigenvalue weighted by Crippen LogP contribution is 2.30. The van der Waals surface area contributed by atoms with Gasteiger partial charge in [-0.05, 0) is 50.6 Å². The Morgan fingerprint density at radius 3 is 2.41 bits per heavy atom. The Balaban J connectivity index is 2.61. The summed E-state index contributed by atoms with van der Waals surface area (Å²) in [5, 5.41) is 0. The highest BCUT2D eigenvalue weighted by atomic mass is 15.2. The topological polar surface area (TPSA) is 29.3 Å². The molecule has 0 saturated carbocycles. The minimum absolute atomic E-state index is 0.364. The Kier molecular flexibility index (Phi) is 6.50. The molecule has 2 nitrogen and oxygen atoms in total. The van der Waals surface area contributed by atoms with Crippen molar-refractivity contribution in [3.8, 4) is 0 Å². The zero-order valence-electron chi connectivity index (χ0n) is 12.2. The lowest BCUT2D eigenvalue weighted by Crippen LogP contribution is -2.48. The molecular formula is C15H32N2. The summed E-state index contributed by atoms with van der Waals surface area (Å²) in [4.78, 5) is 2.74. The standard InChI is InChI=1S/C15H32N2/c1-4-9-14-10-7-8-11-17(14)13-15(5-2,6-3)12-16/h14H,4-13,16H2,1-3H3. The van der Waals surface area contributed by atoms with Crippen LogP contribution in [0, 0.1) is 5.41 Å². The molecule has 0 aromatic rings. The summed E-state index contributed by atoms with van der Waals surface area (Å²) in [6.45, 7) is 10.3. The summed E-state index contributed by atoms with van der Waals surface area (Å²) in [7, 11) is 0. The van der Waals surface area contributed by atoms with E-state index in [0.717, 1.165) is 12.6 Å². The molecule has 0 aromatic carbocycles. The quantitative estimate of drug-likeness (QED) is 0.739. The molecule has 0 spiro atoms. The van der Waals surface area contributed by atoms with Gasteiger partial charge in [0.1, 0.15) is 0 Å². The Hall–Kier alpha value is -0.0800. The smallest absolute Gasteiger partial charge is 0.00954 e. The Bertz CT molecular complexity index is 189. The van der Waals surface area contributed by atoms with Crippen LogP contribution in [-0.4, -0.2) is 30.6 Å². The third-order valence-corrected chi connectivity index (χ3v) is 4.84. The minimum Gasteiger partial charge on any atom is -0.330 e. The maximum Gasteiger partial charge on any atom is 0.00954 e. The van der Waals surface area contributed by atoms with E-state index in [-0.39, 0.29) is 0 Å². The van der Waals surface area contributed by atoms with Gasteiger partial charge in [0.25, 0.3) is 0 Å². The largest absolute Gasteiger partial charge is 0.330 e. The second-order valence-electron chi connectivity index (χ2n) is 5.82. The van der Waals surface area contributed by atoms with Crippen LogP contribution < -0.4 is 5.73 Å². The first-order valence-electron chi connectivity index (χ1n) is 7.65. The number of hydrogen-bond donors (Lipinski definition) is 1. The van der Waals surface area contributed by atoms with E-state index in [0.29, 0.717) is 5.41 Å². The first kappa shape index (κ1) is 15.0. The van der Waals surface area contributed by atoms with Crippen molar-refractivity contribution in [1.82, 2.24) is 4.90 Å². The molecule has 1 atom stereocenters. The summed E-state index contributed by atoms with van der Waals surface area (Å²) < 4.78 is 0. The van der Waals surface area contributed by atoms with Crippen LogP contribution in [0.2, 0.25) is 0 Å². The van der Waals surface area contributed by atoms with Crippen molar-refractivity contribution in [2.24, 2.45) is 11.1 Å². The molecule has 0 radical (unpaired) electrons. The first-order valence-corrected chi connectivity index (χ1v) is 7.65. The predicted octanol–water partition coefficient (Wildman–Crippen LogP) is 3.41. The molecule has 1 aliphatic rings. The highest BCUT2D eigenvalue weighted by Gasteiger charge is 2.31. The Morgan fingerprint density at radius 2 is 1.88 bits per heavy atom. The van der Waals surface area contributed by atoms with Crippen LogP contribution in [0.1, 0.15) is 65.7 Å². The van der Waals surface area contributed by atoms with Gasteiger partial charge in [0.2, 0.25) is 0 Å². The summed E-state index contributed by atoms with van der Waals surface area (Å²) >= 11 is 0. The van der Waals surface area contributed by atoms with Gasteiger partial charge in [-0.3, -0.25) is 4.90 Å². The molecule has 0 aliphatic carbocycles. The van der Waals surface area contributed by atoms with E-state index in [1.807, 2.05) is 0 Å². The minimum atomic E-state index is 0.364. The van der Waals surface area contributed by atoms with Crippen LogP contribution in [0.5, 0.6) is 0 Å². The van der Waals surface area contributed by atoms with Gasteiger partial charge in [0, 0.05) is 12.6 Å². The third kappa shape index (κ3) is 3.96. The van der Waals surface area contributed by atoms with Gasteiger partial charge in [-0.15, -0.1) is 0 Å². The van der Waals surface area contributed by atoms with Crippen LogP contribution in [-0.2, 0) is 0 Å². The van der Waals surface area contributed by atoms with E-state index >= 15 is 0 Å². The third-order valence-electron chi connectivity index (χ3n) is 4.84. The van der Waals surface area contributed by atoms with Gasteiger partial charge in [-0.1, -0.05) is 33.6 Å². The molecule has 1 saturated heterocycles. The van der Waals surface area contributed by atoms with Crippen molar-refractivity contribution in [2.45, 2.75) is 71.8 Å². The van der Waals surface area contributed by atoms with Crippen LogP contribution >= 0.6 is 0 Å². The molecule has 102 valence electrons. The first-order chi connectivity index (χ1) is 8.21. The number of hydrogen-bond acceptors (Lipinski definition) is 2. The monoisotopic (exact) mass is 240 g/mol. The summed E-state index contributed by atoms with van der Waals surface area (Å²) in [5.41, 5.74) is 6.40. The lowest BCUT2D eigenvalue weighted by molar-refractivity contribution is 0.0732. The molecule has 0 bridgehead atoms. The average Bonchev–Trinajstić information content (AvgIpc) is 2.38. The van der Waals surface area contributed by atoms with Gasteiger partial charge < -0.3 is 5.73 Å². The Morgan fingerprint density at radius 1 is 1.18 bits per heavy atom. The Labute approximate surface area is 108 Å². The van der Waals surface area contributed by atoms with E-state index < -0.39 is 0 Å². The second kappa shape index (κ2) is 7.38. The van der Waals surface area contributed by atoms with Crippen molar-refractivity contribution in [2.75, 3.05) is 19.6 Å². The molecule has 2 N–H and O–H groups in total. The van der Waals surface area contributed by atoms with E-state index in [1.54, 1.807) is 0 Å². The molecule has 17 heavy (non-hydrogen) atoms. The van der Waals surface area contributed by atoms with Crippen molar-refractivity contribution in [1.29, 1.82) is 0 Å². The summed E-state index contributed by atoms with van der Waals surface area (Å²) in [5.74, 6) is 0. The molecule has 0 aromatic heterocycles.